The molecule has 2 aromatic carbocycles. The van der Waals surface area contributed by atoms with E-state index in [1.807, 2.05) is 19.1 Å². The summed E-state index contributed by atoms with van der Waals surface area (Å²) in [6, 6.07) is 13.8. The summed E-state index contributed by atoms with van der Waals surface area (Å²) in [5.41, 5.74) is 2.05. The summed E-state index contributed by atoms with van der Waals surface area (Å²) in [5.74, 6) is 0.206. The second-order valence-corrected chi connectivity index (χ2v) is 4.51. The number of anilines is 1. The SMILES string of the molecule is COc1ccc(NC(=O)C=[N+]([O-])c2ccc(C)cc2)cc1. The minimum Gasteiger partial charge on any atom is -0.618 e. The fourth-order valence-electron chi connectivity index (χ4n) is 1.72. The van der Waals surface area contributed by atoms with Crippen molar-refractivity contribution in [1.29, 1.82) is 0 Å². The molecule has 0 unspecified atom stereocenters. The summed E-state index contributed by atoms with van der Waals surface area (Å²) in [6.07, 6.45) is 0.967. The van der Waals surface area contributed by atoms with Crippen LogP contribution in [0.2, 0.25) is 0 Å². The number of hydrogen-bond acceptors (Lipinski definition) is 3. The van der Waals surface area contributed by atoms with Crippen molar-refractivity contribution in [2.45, 2.75) is 6.92 Å². The topological polar surface area (TPSA) is 64.4 Å². The third-order valence-electron chi connectivity index (χ3n) is 2.88. The van der Waals surface area contributed by atoms with E-state index < -0.39 is 5.91 Å². The van der Waals surface area contributed by atoms with Crippen LogP contribution < -0.4 is 10.1 Å². The van der Waals surface area contributed by atoms with E-state index in [0.717, 1.165) is 11.8 Å². The van der Waals surface area contributed by atoms with E-state index in [2.05, 4.69) is 5.32 Å². The van der Waals surface area contributed by atoms with E-state index >= 15 is 0 Å². The lowest BCUT2D eigenvalue weighted by Crippen LogP contribution is -2.17. The van der Waals surface area contributed by atoms with E-state index in [1.54, 1.807) is 43.5 Å². The number of ether oxygens (including phenoxy) is 1. The molecule has 2 aromatic rings. The summed E-state index contributed by atoms with van der Waals surface area (Å²) in [6.45, 7) is 1.93. The summed E-state index contributed by atoms with van der Waals surface area (Å²) >= 11 is 0. The van der Waals surface area contributed by atoms with Crippen LogP contribution in [0.3, 0.4) is 0 Å². The average Bonchev–Trinajstić information content (AvgIpc) is 2.48. The Bertz CT molecular complexity index is 646. The van der Waals surface area contributed by atoms with Gasteiger partial charge in [-0.1, -0.05) is 17.7 Å². The van der Waals surface area contributed by atoms with Gasteiger partial charge in [-0.3, -0.25) is 4.79 Å². The van der Waals surface area contributed by atoms with Crippen LogP contribution in [-0.4, -0.2) is 24.0 Å². The van der Waals surface area contributed by atoms with E-state index in [4.69, 9.17) is 4.74 Å². The van der Waals surface area contributed by atoms with Crippen molar-refractivity contribution >= 4 is 23.5 Å². The number of carbonyl (C=O) groups excluding carboxylic acids is 1. The van der Waals surface area contributed by atoms with Crippen molar-refractivity contribution in [1.82, 2.24) is 0 Å². The van der Waals surface area contributed by atoms with Gasteiger partial charge >= 0.3 is 5.91 Å². The minimum absolute atomic E-state index is 0.408. The molecule has 108 valence electrons. The van der Waals surface area contributed by atoms with Crippen LogP contribution in [-0.2, 0) is 4.79 Å². The third kappa shape index (κ3) is 4.07. The summed E-state index contributed by atoms with van der Waals surface area (Å²) in [5, 5.41) is 14.5. The highest BCUT2D eigenvalue weighted by atomic mass is 16.5. The molecule has 0 aliphatic carbocycles. The van der Waals surface area contributed by atoms with Gasteiger partial charge in [-0.2, -0.15) is 4.74 Å². The Morgan fingerprint density at radius 2 is 1.76 bits per heavy atom. The van der Waals surface area contributed by atoms with Crippen LogP contribution in [0, 0.1) is 12.1 Å². The maximum atomic E-state index is 11.8. The zero-order valence-electron chi connectivity index (χ0n) is 11.9. The molecule has 0 heterocycles. The molecule has 0 radical (unpaired) electrons. The molecule has 1 N–H and O–H groups in total. The van der Waals surface area contributed by atoms with Gasteiger partial charge < -0.3 is 15.3 Å². The zero-order chi connectivity index (χ0) is 15.2. The number of hydrogen-bond donors (Lipinski definition) is 1. The molecule has 0 saturated carbocycles. The highest BCUT2D eigenvalue weighted by Gasteiger charge is 2.06. The zero-order valence-corrected chi connectivity index (χ0v) is 11.9. The smallest absolute Gasteiger partial charge is 0.313 e. The minimum atomic E-state index is -0.490. The van der Waals surface area contributed by atoms with Crippen molar-refractivity contribution < 1.29 is 14.3 Å². The van der Waals surface area contributed by atoms with E-state index in [-0.39, 0.29) is 0 Å². The molecule has 2 rings (SSSR count). The fourth-order valence-corrected chi connectivity index (χ4v) is 1.72. The molecule has 0 bridgehead atoms. The van der Waals surface area contributed by atoms with Gasteiger partial charge in [0.15, 0.2) is 0 Å². The molecule has 0 aromatic heterocycles. The molecule has 5 nitrogen and oxygen atoms in total. The molecule has 5 heteroatoms. The van der Waals surface area contributed by atoms with Gasteiger partial charge in [0.1, 0.15) is 5.75 Å². The largest absolute Gasteiger partial charge is 0.618 e. The molecule has 0 atom stereocenters. The Morgan fingerprint density at radius 1 is 1.14 bits per heavy atom. The third-order valence-corrected chi connectivity index (χ3v) is 2.88. The lowest BCUT2D eigenvalue weighted by atomic mass is 10.2. The maximum Gasteiger partial charge on any atom is 0.313 e. The van der Waals surface area contributed by atoms with Crippen molar-refractivity contribution in [3.05, 3.63) is 59.3 Å². The molecule has 0 saturated heterocycles. The number of nitrogens with zero attached hydrogens (tertiary/aromatic N) is 1. The second-order valence-electron chi connectivity index (χ2n) is 4.51. The highest BCUT2D eigenvalue weighted by molar-refractivity contribution is 6.30. The Hall–Kier alpha value is -2.82. The Labute approximate surface area is 123 Å². The Balaban J connectivity index is 2.05. The number of amides is 1. The van der Waals surface area contributed by atoms with Gasteiger partial charge in [0.05, 0.1) is 7.11 Å². The lowest BCUT2D eigenvalue weighted by molar-refractivity contribution is -0.354. The molecule has 0 aliphatic rings. The molecule has 0 spiro atoms. The van der Waals surface area contributed by atoms with Crippen molar-refractivity contribution in [3.8, 4) is 5.75 Å². The van der Waals surface area contributed by atoms with Crippen LogP contribution in [0.15, 0.2) is 48.5 Å². The van der Waals surface area contributed by atoms with Crippen LogP contribution in [0.4, 0.5) is 11.4 Å². The first kappa shape index (κ1) is 14.6. The van der Waals surface area contributed by atoms with Gasteiger partial charge in [-0.15, -0.1) is 0 Å². The van der Waals surface area contributed by atoms with E-state index in [9.17, 15) is 10.0 Å². The highest BCUT2D eigenvalue weighted by Crippen LogP contribution is 2.15. The lowest BCUT2D eigenvalue weighted by Gasteiger charge is -2.05. The van der Waals surface area contributed by atoms with Gasteiger partial charge in [-0.05, 0) is 31.2 Å². The predicted molar refractivity (Wildman–Crippen MR) is 82.2 cm³/mol. The molecule has 21 heavy (non-hydrogen) atoms. The van der Waals surface area contributed by atoms with E-state index in [1.165, 1.54) is 0 Å². The van der Waals surface area contributed by atoms with Gasteiger partial charge in [0, 0.05) is 17.8 Å². The number of aryl methyl sites for hydroxylation is 1. The number of methoxy groups -OCH3 is 1. The van der Waals surface area contributed by atoms with Crippen LogP contribution in [0.25, 0.3) is 0 Å². The van der Waals surface area contributed by atoms with Crippen LogP contribution in [0.1, 0.15) is 5.56 Å². The predicted octanol–water partition coefficient (Wildman–Crippen LogP) is 2.85. The molecular weight excluding hydrogens is 268 g/mol. The van der Waals surface area contributed by atoms with Crippen LogP contribution >= 0.6 is 0 Å². The first-order chi connectivity index (χ1) is 10.1. The normalized spacial score (nSPS) is 11.0. The van der Waals surface area contributed by atoms with E-state index in [0.29, 0.717) is 21.9 Å². The Kier molecular flexibility index (Phi) is 4.56. The summed E-state index contributed by atoms with van der Waals surface area (Å²) < 4.78 is 5.57. The number of rotatable bonds is 4. The number of carbonyl (C=O) groups is 1. The average molecular weight is 284 g/mol. The monoisotopic (exact) mass is 284 g/mol. The Morgan fingerprint density at radius 3 is 2.33 bits per heavy atom. The van der Waals surface area contributed by atoms with Crippen molar-refractivity contribution in [2.75, 3.05) is 12.4 Å². The van der Waals surface area contributed by atoms with Crippen LogP contribution in [0.5, 0.6) is 5.75 Å². The molecule has 0 aliphatic heterocycles. The molecule has 1 amide bonds. The van der Waals surface area contributed by atoms with Gasteiger partial charge in [0.25, 0.3) is 0 Å². The summed E-state index contributed by atoms with van der Waals surface area (Å²) in [4.78, 5) is 11.8. The fraction of sp³-hybridized carbons (Fsp3) is 0.125. The molecular formula is C16H16N2O3. The van der Waals surface area contributed by atoms with Gasteiger partial charge in [-0.25, -0.2) is 0 Å². The molecule has 0 fully saturated rings. The first-order valence-electron chi connectivity index (χ1n) is 6.41. The second kappa shape index (κ2) is 6.56. The maximum absolute atomic E-state index is 11.8. The number of benzene rings is 2. The number of nitrogens with one attached hydrogen (secondary N) is 1. The quantitative estimate of drug-likeness (QED) is 0.406. The van der Waals surface area contributed by atoms with Gasteiger partial charge in [0.2, 0.25) is 11.9 Å². The summed E-state index contributed by atoms with van der Waals surface area (Å²) in [7, 11) is 1.57. The standard InChI is InChI=1S/C16H16N2O3/c1-12-3-7-14(8-4-12)18(20)11-16(19)17-13-5-9-15(21-2)10-6-13/h3-11H,1-2H3,(H,17,19). The van der Waals surface area contributed by atoms with Crippen molar-refractivity contribution in [2.24, 2.45) is 0 Å². The first-order valence-corrected chi connectivity index (χ1v) is 6.41. The van der Waals surface area contributed by atoms with Crippen molar-refractivity contribution in [3.63, 3.8) is 0 Å².